The van der Waals surface area contributed by atoms with Gasteiger partial charge in [0, 0.05) is 24.9 Å². The molecule has 4 nitrogen and oxygen atoms in total. The topological polar surface area (TPSA) is 49.8 Å². The van der Waals surface area contributed by atoms with Crippen LogP contribution in [0.2, 0.25) is 0 Å². The second-order valence-corrected chi connectivity index (χ2v) is 4.50. The number of carbonyl (C=O) groups is 1. The second kappa shape index (κ2) is 4.72. The molecule has 1 aromatic carbocycles. The van der Waals surface area contributed by atoms with Gasteiger partial charge < -0.3 is 14.7 Å². The van der Waals surface area contributed by atoms with E-state index in [1.165, 1.54) is 11.1 Å². The molecule has 0 fully saturated rings. The molecule has 0 spiro atoms. The summed E-state index contributed by atoms with van der Waals surface area (Å²) in [5.41, 5.74) is 4.61. The summed E-state index contributed by atoms with van der Waals surface area (Å²) >= 11 is 0. The van der Waals surface area contributed by atoms with Gasteiger partial charge in [-0.15, -0.1) is 0 Å². The molecule has 0 atom stereocenters. The van der Waals surface area contributed by atoms with Crippen LogP contribution in [-0.4, -0.2) is 36.7 Å². The first-order chi connectivity index (χ1) is 8.52. The lowest BCUT2D eigenvalue weighted by molar-refractivity contribution is -0.137. The standard InChI is InChI=1S/C14H17NO3/c1-9-6-10(18-3)7-12-11(9)8-13(12)15(2)5-4-14(16)17/h6-8H,4-5H2,1-3H3,(H,16,17). The summed E-state index contributed by atoms with van der Waals surface area (Å²) in [6.45, 7) is 2.56. The summed E-state index contributed by atoms with van der Waals surface area (Å²) in [5.74, 6) is 0.0623. The Morgan fingerprint density at radius 3 is 2.78 bits per heavy atom. The van der Waals surface area contributed by atoms with Gasteiger partial charge in [0.25, 0.3) is 0 Å². The van der Waals surface area contributed by atoms with Crippen molar-refractivity contribution in [2.75, 3.05) is 20.7 Å². The van der Waals surface area contributed by atoms with Gasteiger partial charge in [0.15, 0.2) is 0 Å². The maximum absolute atomic E-state index is 10.6. The molecule has 0 aromatic heterocycles. The van der Waals surface area contributed by atoms with Crippen molar-refractivity contribution in [2.24, 2.45) is 0 Å². The summed E-state index contributed by atoms with van der Waals surface area (Å²) in [4.78, 5) is 12.5. The van der Waals surface area contributed by atoms with Gasteiger partial charge in [0.05, 0.1) is 13.5 Å². The quantitative estimate of drug-likeness (QED) is 0.866. The third kappa shape index (κ3) is 2.18. The normalized spacial score (nSPS) is 12.3. The van der Waals surface area contributed by atoms with Crippen molar-refractivity contribution in [3.63, 3.8) is 0 Å². The van der Waals surface area contributed by atoms with Crippen molar-refractivity contribution in [1.82, 2.24) is 4.90 Å². The zero-order chi connectivity index (χ0) is 13.3. The van der Waals surface area contributed by atoms with Gasteiger partial charge in [-0.05, 0) is 36.3 Å². The number of carboxylic acid groups (broad SMARTS) is 1. The van der Waals surface area contributed by atoms with Crippen LogP contribution in [-0.2, 0) is 4.79 Å². The van der Waals surface area contributed by atoms with Gasteiger partial charge in [-0.25, -0.2) is 0 Å². The van der Waals surface area contributed by atoms with Crippen molar-refractivity contribution in [1.29, 1.82) is 0 Å². The molecule has 1 aliphatic rings. The minimum absolute atomic E-state index is 0.145. The van der Waals surface area contributed by atoms with Crippen molar-refractivity contribution < 1.29 is 14.6 Å². The molecule has 0 bridgehead atoms. The van der Waals surface area contributed by atoms with E-state index < -0.39 is 5.97 Å². The third-order valence-electron chi connectivity index (χ3n) is 3.23. The molecule has 0 saturated carbocycles. The average molecular weight is 247 g/mol. The zero-order valence-electron chi connectivity index (χ0n) is 10.9. The lowest BCUT2D eigenvalue weighted by atomic mass is 9.88. The Kier molecular flexibility index (Phi) is 3.28. The molecule has 1 aromatic rings. The number of fused-ring (bicyclic) bond motifs is 1. The first kappa shape index (κ1) is 12.5. The van der Waals surface area contributed by atoms with E-state index in [0.717, 1.165) is 17.0 Å². The highest BCUT2D eigenvalue weighted by Gasteiger charge is 2.22. The predicted molar refractivity (Wildman–Crippen MR) is 70.5 cm³/mol. The number of ether oxygens (including phenoxy) is 1. The summed E-state index contributed by atoms with van der Waals surface area (Å²) in [6, 6.07) is 4.00. The predicted octanol–water partition coefficient (Wildman–Crippen LogP) is 2.22. The fraction of sp³-hybridized carbons (Fsp3) is 0.357. The molecule has 2 rings (SSSR count). The van der Waals surface area contributed by atoms with Crippen molar-refractivity contribution >= 4 is 17.7 Å². The summed E-state index contributed by atoms with van der Waals surface area (Å²) in [5, 5.41) is 8.69. The monoisotopic (exact) mass is 247 g/mol. The Bertz CT molecular complexity index is 520. The fourth-order valence-electron chi connectivity index (χ4n) is 2.12. The molecular weight excluding hydrogens is 230 g/mol. The number of benzene rings is 1. The maximum Gasteiger partial charge on any atom is 0.305 e. The minimum atomic E-state index is -0.774. The maximum atomic E-state index is 10.6. The number of hydrogen-bond acceptors (Lipinski definition) is 3. The van der Waals surface area contributed by atoms with Crippen LogP contribution in [0.4, 0.5) is 0 Å². The number of nitrogens with zero attached hydrogens (tertiary/aromatic N) is 1. The SMILES string of the molecule is COc1cc(C)c2c(c1)C(N(C)CCC(=O)O)=C2. The zero-order valence-corrected chi connectivity index (χ0v) is 10.9. The third-order valence-corrected chi connectivity index (χ3v) is 3.23. The largest absolute Gasteiger partial charge is 0.497 e. The smallest absolute Gasteiger partial charge is 0.305 e. The lowest BCUT2D eigenvalue weighted by Gasteiger charge is -2.30. The molecule has 0 amide bonds. The van der Waals surface area contributed by atoms with Crippen molar-refractivity contribution in [3.8, 4) is 5.75 Å². The van der Waals surface area contributed by atoms with Crippen LogP contribution in [0.3, 0.4) is 0 Å². The van der Waals surface area contributed by atoms with Crippen LogP contribution < -0.4 is 4.74 Å². The van der Waals surface area contributed by atoms with E-state index in [4.69, 9.17) is 9.84 Å². The van der Waals surface area contributed by atoms with Crippen LogP contribution >= 0.6 is 0 Å². The van der Waals surface area contributed by atoms with Gasteiger partial charge in [-0.3, -0.25) is 4.79 Å². The number of rotatable bonds is 5. The van der Waals surface area contributed by atoms with E-state index in [-0.39, 0.29) is 6.42 Å². The van der Waals surface area contributed by atoms with Crippen LogP contribution in [0.25, 0.3) is 11.8 Å². The van der Waals surface area contributed by atoms with E-state index in [0.29, 0.717) is 6.54 Å². The summed E-state index contributed by atoms with van der Waals surface area (Å²) in [6.07, 6.45) is 2.23. The van der Waals surface area contributed by atoms with Crippen molar-refractivity contribution in [3.05, 3.63) is 28.8 Å². The molecule has 1 aliphatic carbocycles. The van der Waals surface area contributed by atoms with Gasteiger partial charge in [0.1, 0.15) is 5.75 Å². The van der Waals surface area contributed by atoms with Crippen LogP contribution in [0.5, 0.6) is 5.75 Å². The Morgan fingerprint density at radius 1 is 1.44 bits per heavy atom. The van der Waals surface area contributed by atoms with Gasteiger partial charge in [-0.1, -0.05) is 0 Å². The lowest BCUT2D eigenvalue weighted by Crippen LogP contribution is -2.24. The van der Waals surface area contributed by atoms with E-state index in [2.05, 4.69) is 6.08 Å². The van der Waals surface area contributed by atoms with E-state index >= 15 is 0 Å². The molecule has 1 N–H and O–H groups in total. The highest BCUT2D eigenvalue weighted by molar-refractivity contribution is 5.96. The minimum Gasteiger partial charge on any atom is -0.497 e. The van der Waals surface area contributed by atoms with Gasteiger partial charge >= 0.3 is 5.97 Å². The van der Waals surface area contributed by atoms with Crippen LogP contribution in [0.1, 0.15) is 23.1 Å². The Labute approximate surface area is 106 Å². The fourth-order valence-corrected chi connectivity index (χ4v) is 2.12. The molecule has 96 valence electrons. The number of hydrogen-bond donors (Lipinski definition) is 1. The molecule has 0 saturated heterocycles. The van der Waals surface area contributed by atoms with Crippen LogP contribution in [0, 0.1) is 6.92 Å². The number of carboxylic acids is 1. The Morgan fingerprint density at radius 2 is 2.17 bits per heavy atom. The number of aryl methyl sites for hydroxylation is 1. The molecular formula is C14H17NO3. The Balaban J connectivity index is 2.15. The van der Waals surface area contributed by atoms with Crippen molar-refractivity contribution in [2.45, 2.75) is 13.3 Å². The molecule has 0 aliphatic heterocycles. The first-order valence-corrected chi connectivity index (χ1v) is 5.86. The van der Waals surface area contributed by atoms with Gasteiger partial charge in [0.2, 0.25) is 0 Å². The highest BCUT2D eigenvalue weighted by Crippen LogP contribution is 2.39. The number of aliphatic carboxylic acids is 1. The molecule has 18 heavy (non-hydrogen) atoms. The Hall–Kier alpha value is -1.97. The van der Waals surface area contributed by atoms with Crippen LogP contribution in [0.15, 0.2) is 12.1 Å². The second-order valence-electron chi connectivity index (χ2n) is 4.50. The average Bonchev–Trinajstić information content (AvgIpc) is 2.29. The van der Waals surface area contributed by atoms with E-state index in [1.807, 2.05) is 31.0 Å². The first-order valence-electron chi connectivity index (χ1n) is 5.86. The molecule has 0 heterocycles. The summed E-state index contributed by atoms with van der Waals surface area (Å²) in [7, 11) is 3.56. The van der Waals surface area contributed by atoms with Gasteiger partial charge in [-0.2, -0.15) is 0 Å². The van der Waals surface area contributed by atoms with E-state index in [1.54, 1.807) is 7.11 Å². The summed E-state index contributed by atoms with van der Waals surface area (Å²) < 4.78 is 5.25. The molecule has 0 radical (unpaired) electrons. The molecule has 0 unspecified atom stereocenters. The highest BCUT2D eigenvalue weighted by atomic mass is 16.5. The molecule has 4 heteroatoms. The van der Waals surface area contributed by atoms with E-state index in [9.17, 15) is 4.79 Å². The number of methoxy groups -OCH3 is 1.